The van der Waals surface area contributed by atoms with Crippen LogP contribution in [0.1, 0.15) is 41.7 Å². The number of piperazine rings is 1. The standard InChI is InChI=1S/C29H37N5O3/c1-21(35)32-16-18-33(19-17-32)26-4-3-5-28(37-2)25(26)11-14-31-12-9-24(10-13-31)34-15-8-22-6-7-23(29(30)36)20-27(22)34/h3-8,15,20,24H,9-14,16-19H2,1-2H3,(H2,30,36). The van der Waals surface area contributed by atoms with Gasteiger partial charge in [-0.15, -0.1) is 0 Å². The number of primary amides is 1. The Morgan fingerprint density at radius 1 is 1.00 bits per heavy atom. The summed E-state index contributed by atoms with van der Waals surface area (Å²) < 4.78 is 8.08. The Hall–Kier alpha value is -3.52. The highest BCUT2D eigenvalue weighted by Gasteiger charge is 2.25. The molecule has 0 atom stereocenters. The summed E-state index contributed by atoms with van der Waals surface area (Å²) in [4.78, 5) is 30.3. The van der Waals surface area contributed by atoms with E-state index in [-0.39, 0.29) is 11.8 Å². The number of nitrogens with zero attached hydrogens (tertiary/aromatic N) is 4. The molecule has 0 saturated carbocycles. The Kier molecular flexibility index (Phi) is 7.37. The lowest BCUT2D eigenvalue weighted by atomic mass is 10.0. The summed E-state index contributed by atoms with van der Waals surface area (Å²) in [5.41, 5.74) is 9.63. The predicted molar refractivity (Wildman–Crippen MR) is 146 cm³/mol. The van der Waals surface area contributed by atoms with Crippen LogP contribution < -0.4 is 15.4 Å². The van der Waals surface area contributed by atoms with Crippen LogP contribution in [0.2, 0.25) is 0 Å². The third kappa shape index (κ3) is 5.30. The van der Waals surface area contributed by atoms with E-state index in [1.54, 1.807) is 20.1 Å². The van der Waals surface area contributed by atoms with Gasteiger partial charge in [0.1, 0.15) is 5.75 Å². The second-order valence-corrected chi connectivity index (χ2v) is 10.1. The molecule has 8 nitrogen and oxygen atoms in total. The molecule has 0 bridgehead atoms. The molecule has 8 heteroatoms. The first-order valence-corrected chi connectivity index (χ1v) is 13.2. The molecule has 196 valence electrons. The first kappa shape index (κ1) is 25.1. The molecule has 2 aliphatic heterocycles. The van der Waals surface area contributed by atoms with Crippen LogP contribution in [0.3, 0.4) is 0 Å². The largest absolute Gasteiger partial charge is 0.496 e. The number of likely N-dealkylation sites (tertiary alicyclic amines) is 1. The SMILES string of the molecule is COc1cccc(N2CCN(C(C)=O)CC2)c1CCN1CCC(n2ccc3ccc(C(N)=O)cc32)CC1. The van der Waals surface area contributed by atoms with Crippen LogP contribution in [0.25, 0.3) is 10.9 Å². The zero-order valence-corrected chi connectivity index (χ0v) is 21.9. The number of hydrogen-bond donors (Lipinski definition) is 1. The number of methoxy groups -OCH3 is 1. The quantitative estimate of drug-likeness (QED) is 0.535. The number of nitrogens with two attached hydrogens (primary N) is 1. The molecule has 2 N–H and O–H groups in total. The molecule has 2 amide bonds. The molecule has 3 heterocycles. The maximum absolute atomic E-state index is 11.8. The fraction of sp³-hybridized carbons (Fsp3) is 0.448. The van der Waals surface area contributed by atoms with Crippen molar-refractivity contribution >= 4 is 28.4 Å². The Labute approximate surface area is 218 Å². The Morgan fingerprint density at radius 2 is 1.76 bits per heavy atom. The minimum Gasteiger partial charge on any atom is -0.496 e. The number of carbonyl (C=O) groups is 2. The van der Waals surface area contributed by atoms with Crippen LogP contribution in [0, 0.1) is 0 Å². The fourth-order valence-electron chi connectivity index (χ4n) is 5.87. The molecule has 2 fully saturated rings. The lowest BCUT2D eigenvalue weighted by molar-refractivity contribution is -0.129. The summed E-state index contributed by atoms with van der Waals surface area (Å²) in [7, 11) is 1.74. The molecule has 0 aliphatic carbocycles. The van der Waals surface area contributed by atoms with Crippen molar-refractivity contribution in [1.29, 1.82) is 0 Å². The van der Waals surface area contributed by atoms with Crippen molar-refractivity contribution in [2.45, 2.75) is 32.2 Å². The second-order valence-electron chi connectivity index (χ2n) is 10.1. The van der Waals surface area contributed by atoms with Gasteiger partial charge in [-0.2, -0.15) is 0 Å². The Bertz CT molecular complexity index is 1270. The van der Waals surface area contributed by atoms with Gasteiger partial charge in [0.15, 0.2) is 0 Å². The first-order chi connectivity index (χ1) is 17.9. The average Bonchev–Trinajstić information content (AvgIpc) is 3.35. The number of amides is 2. The van der Waals surface area contributed by atoms with Crippen LogP contribution in [0.15, 0.2) is 48.7 Å². The van der Waals surface area contributed by atoms with E-state index in [4.69, 9.17) is 10.5 Å². The zero-order valence-electron chi connectivity index (χ0n) is 21.9. The molecular formula is C29H37N5O3. The van der Waals surface area contributed by atoms with Crippen LogP contribution in [-0.4, -0.2) is 79.1 Å². The molecule has 0 unspecified atom stereocenters. The number of piperidine rings is 1. The molecule has 2 saturated heterocycles. The number of carbonyl (C=O) groups excluding carboxylic acids is 2. The van der Waals surface area contributed by atoms with Crippen molar-refractivity contribution in [3.05, 3.63) is 59.8 Å². The van der Waals surface area contributed by atoms with Gasteiger partial charge < -0.3 is 29.7 Å². The molecule has 2 aromatic carbocycles. The minimum absolute atomic E-state index is 0.148. The number of ether oxygens (including phenoxy) is 1. The van der Waals surface area contributed by atoms with Crippen LogP contribution >= 0.6 is 0 Å². The van der Waals surface area contributed by atoms with E-state index in [2.05, 4.69) is 38.8 Å². The molecule has 37 heavy (non-hydrogen) atoms. The number of fused-ring (bicyclic) bond motifs is 1. The molecule has 0 spiro atoms. The fourth-order valence-corrected chi connectivity index (χ4v) is 5.87. The van der Waals surface area contributed by atoms with E-state index in [9.17, 15) is 9.59 Å². The maximum atomic E-state index is 11.8. The van der Waals surface area contributed by atoms with Crippen LogP contribution in [0.4, 0.5) is 5.69 Å². The highest BCUT2D eigenvalue weighted by molar-refractivity contribution is 5.97. The van der Waals surface area contributed by atoms with Crippen molar-refractivity contribution in [1.82, 2.24) is 14.4 Å². The molecule has 0 radical (unpaired) electrons. The van der Waals surface area contributed by atoms with Gasteiger partial charge in [0.25, 0.3) is 0 Å². The second kappa shape index (κ2) is 10.8. The Morgan fingerprint density at radius 3 is 2.43 bits per heavy atom. The topological polar surface area (TPSA) is 84.0 Å². The van der Waals surface area contributed by atoms with Gasteiger partial charge in [-0.05, 0) is 55.0 Å². The van der Waals surface area contributed by atoms with E-state index in [1.165, 1.54) is 11.3 Å². The molecule has 2 aliphatic rings. The summed E-state index contributed by atoms with van der Waals surface area (Å²) in [6, 6.07) is 14.5. The van der Waals surface area contributed by atoms with Gasteiger partial charge in [-0.1, -0.05) is 12.1 Å². The van der Waals surface area contributed by atoms with Crippen LogP contribution in [0.5, 0.6) is 5.75 Å². The molecular weight excluding hydrogens is 466 g/mol. The van der Waals surface area contributed by atoms with Gasteiger partial charge in [0, 0.05) is 87.3 Å². The summed E-state index contributed by atoms with van der Waals surface area (Å²) in [6.07, 6.45) is 5.20. The lowest BCUT2D eigenvalue weighted by Gasteiger charge is -2.37. The highest BCUT2D eigenvalue weighted by atomic mass is 16.5. The number of rotatable bonds is 7. The van der Waals surface area contributed by atoms with E-state index < -0.39 is 0 Å². The summed E-state index contributed by atoms with van der Waals surface area (Å²) >= 11 is 0. The van der Waals surface area contributed by atoms with Gasteiger partial charge in [-0.25, -0.2) is 0 Å². The monoisotopic (exact) mass is 503 g/mol. The van der Waals surface area contributed by atoms with Crippen molar-refractivity contribution in [2.24, 2.45) is 5.73 Å². The maximum Gasteiger partial charge on any atom is 0.248 e. The third-order valence-corrected chi connectivity index (χ3v) is 8.03. The zero-order chi connectivity index (χ0) is 25.9. The van der Waals surface area contributed by atoms with E-state index in [1.807, 2.05) is 23.1 Å². The summed E-state index contributed by atoms with van der Waals surface area (Å²) in [5.74, 6) is 0.696. The van der Waals surface area contributed by atoms with Gasteiger partial charge in [0.2, 0.25) is 11.8 Å². The predicted octanol–water partition coefficient (Wildman–Crippen LogP) is 3.30. The van der Waals surface area contributed by atoms with E-state index in [0.717, 1.165) is 81.7 Å². The summed E-state index contributed by atoms with van der Waals surface area (Å²) in [5, 5.41) is 1.14. The Balaban J connectivity index is 1.23. The molecule has 3 aromatic rings. The molecule has 1 aromatic heterocycles. The number of anilines is 1. The summed E-state index contributed by atoms with van der Waals surface area (Å²) in [6.45, 7) is 7.88. The van der Waals surface area contributed by atoms with Gasteiger partial charge >= 0.3 is 0 Å². The van der Waals surface area contributed by atoms with Crippen molar-refractivity contribution in [3.8, 4) is 5.75 Å². The van der Waals surface area contributed by atoms with Gasteiger partial charge in [-0.3, -0.25) is 9.59 Å². The van der Waals surface area contributed by atoms with E-state index >= 15 is 0 Å². The average molecular weight is 504 g/mol. The van der Waals surface area contributed by atoms with Crippen molar-refractivity contribution < 1.29 is 14.3 Å². The number of benzene rings is 2. The highest BCUT2D eigenvalue weighted by Crippen LogP contribution is 2.32. The number of aromatic nitrogens is 1. The normalized spacial score (nSPS) is 17.4. The first-order valence-electron chi connectivity index (χ1n) is 13.2. The smallest absolute Gasteiger partial charge is 0.248 e. The molecule has 5 rings (SSSR count). The van der Waals surface area contributed by atoms with Crippen LogP contribution in [-0.2, 0) is 11.2 Å². The van der Waals surface area contributed by atoms with Crippen molar-refractivity contribution in [3.63, 3.8) is 0 Å². The van der Waals surface area contributed by atoms with Gasteiger partial charge in [0.05, 0.1) is 7.11 Å². The number of hydrogen-bond acceptors (Lipinski definition) is 5. The van der Waals surface area contributed by atoms with E-state index in [0.29, 0.717) is 11.6 Å². The third-order valence-electron chi connectivity index (χ3n) is 8.03. The lowest BCUT2D eigenvalue weighted by Crippen LogP contribution is -2.48. The van der Waals surface area contributed by atoms with Crippen molar-refractivity contribution in [2.75, 3.05) is 57.8 Å². The minimum atomic E-state index is -0.388.